The molecule has 0 aliphatic heterocycles. The summed E-state index contributed by atoms with van der Waals surface area (Å²) in [7, 11) is 0. The molecule has 2 heteroatoms. The molecule has 2 aliphatic rings. The highest BCUT2D eigenvalue weighted by molar-refractivity contribution is 8.93. The number of fused-ring (bicyclic) bond motifs is 2. The fraction of sp³-hybridized carbons (Fsp3) is 0.750. The summed E-state index contributed by atoms with van der Waals surface area (Å²) in [5, 5.41) is 0. The summed E-state index contributed by atoms with van der Waals surface area (Å²) in [5.41, 5.74) is 5.59. The maximum atomic E-state index is 5.59. The molecule has 3 atom stereocenters. The fourth-order valence-electron chi connectivity index (χ4n) is 2.17. The van der Waals surface area contributed by atoms with Crippen LogP contribution in [0.3, 0.4) is 0 Å². The monoisotopic (exact) mass is 203 g/mol. The molecule has 0 aromatic carbocycles. The molecule has 0 radical (unpaired) electrons. The summed E-state index contributed by atoms with van der Waals surface area (Å²) < 4.78 is 0. The van der Waals surface area contributed by atoms with Gasteiger partial charge in [0.2, 0.25) is 0 Å². The van der Waals surface area contributed by atoms with Crippen LogP contribution >= 0.6 is 17.0 Å². The highest BCUT2D eigenvalue weighted by Gasteiger charge is 2.34. The molecule has 0 aromatic rings. The molecule has 2 bridgehead atoms. The van der Waals surface area contributed by atoms with Gasteiger partial charge in [-0.25, -0.2) is 0 Å². The third-order valence-corrected chi connectivity index (χ3v) is 2.72. The van der Waals surface area contributed by atoms with Gasteiger partial charge in [0.1, 0.15) is 0 Å². The maximum Gasteiger partial charge on any atom is -0.00430 e. The fourth-order valence-corrected chi connectivity index (χ4v) is 2.17. The third-order valence-electron chi connectivity index (χ3n) is 2.72. The number of nitrogens with two attached hydrogens (primary N) is 1. The molecule has 1 saturated carbocycles. The lowest BCUT2D eigenvalue weighted by molar-refractivity contribution is 0.459. The zero-order valence-corrected chi connectivity index (χ0v) is 7.71. The molecular weight excluding hydrogens is 190 g/mol. The Labute approximate surface area is 72.4 Å². The predicted octanol–water partition coefficient (Wildman–Crippen LogP) is 1.74. The summed E-state index contributed by atoms with van der Waals surface area (Å²) in [5.74, 6) is 2.56. The second kappa shape index (κ2) is 3.05. The van der Waals surface area contributed by atoms with Gasteiger partial charge in [-0.3, -0.25) is 0 Å². The van der Waals surface area contributed by atoms with E-state index in [0.717, 1.165) is 24.3 Å². The van der Waals surface area contributed by atoms with Crippen LogP contribution in [-0.4, -0.2) is 6.54 Å². The summed E-state index contributed by atoms with van der Waals surface area (Å²) in [6.07, 6.45) is 7.46. The zero-order valence-electron chi connectivity index (χ0n) is 5.99. The average molecular weight is 204 g/mol. The number of hydrogen-bond donors (Lipinski definition) is 1. The van der Waals surface area contributed by atoms with Gasteiger partial charge in [-0.15, -0.1) is 17.0 Å². The zero-order chi connectivity index (χ0) is 6.27. The highest BCUT2D eigenvalue weighted by atomic mass is 79.9. The van der Waals surface area contributed by atoms with Crippen LogP contribution in [0.2, 0.25) is 0 Å². The van der Waals surface area contributed by atoms with Gasteiger partial charge in [0, 0.05) is 0 Å². The van der Waals surface area contributed by atoms with E-state index in [1.807, 2.05) is 0 Å². The van der Waals surface area contributed by atoms with E-state index in [9.17, 15) is 0 Å². The molecule has 2 rings (SSSR count). The van der Waals surface area contributed by atoms with Crippen LogP contribution in [0.5, 0.6) is 0 Å². The SMILES string of the molecule is Br.NCC1CC2C=CC1C2. The van der Waals surface area contributed by atoms with E-state index in [1.165, 1.54) is 12.8 Å². The van der Waals surface area contributed by atoms with Crippen LogP contribution in [-0.2, 0) is 0 Å². The lowest BCUT2D eigenvalue weighted by atomic mass is 9.94. The standard InChI is InChI=1S/C8H13N.BrH/c9-5-8-4-6-1-2-7(8)3-6;/h1-2,6-8H,3-5,9H2;1H. The molecule has 0 amide bonds. The van der Waals surface area contributed by atoms with E-state index >= 15 is 0 Å². The van der Waals surface area contributed by atoms with Crippen molar-refractivity contribution in [1.29, 1.82) is 0 Å². The van der Waals surface area contributed by atoms with E-state index in [-0.39, 0.29) is 17.0 Å². The second-order valence-corrected chi connectivity index (χ2v) is 3.28. The minimum Gasteiger partial charge on any atom is -0.330 e. The Balaban J connectivity index is 0.000000500. The van der Waals surface area contributed by atoms with Gasteiger partial charge in [0.05, 0.1) is 0 Å². The van der Waals surface area contributed by atoms with Gasteiger partial charge in [-0.1, -0.05) is 12.2 Å². The first kappa shape index (κ1) is 8.28. The van der Waals surface area contributed by atoms with Gasteiger partial charge in [-0.2, -0.15) is 0 Å². The van der Waals surface area contributed by atoms with Crippen molar-refractivity contribution in [2.75, 3.05) is 6.54 Å². The highest BCUT2D eigenvalue weighted by Crippen LogP contribution is 2.42. The minimum atomic E-state index is 0. The number of allylic oxidation sites excluding steroid dienone is 2. The van der Waals surface area contributed by atoms with Crippen molar-refractivity contribution in [1.82, 2.24) is 0 Å². The van der Waals surface area contributed by atoms with Gasteiger partial charge < -0.3 is 5.73 Å². The second-order valence-electron chi connectivity index (χ2n) is 3.28. The first-order chi connectivity index (χ1) is 4.40. The van der Waals surface area contributed by atoms with Crippen molar-refractivity contribution in [2.24, 2.45) is 23.5 Å². The Kier molecular flexibility index (Phi) is 2.53. The molecule has 0 aromatic heterocycles. The van der Waals surface area contributed by atoms with Gasteiger partial charge >= 0.3 is 0 Å². The molecule has 0 spiro atoms. The van der Waals surface area contributed by atoms with Crippen LogP contribution in [0.25, 0.3) is 0 Å². The molecule has 1 fully saturated rings. The molecule has 10 heavy (non-hydrogen) atoms. The van der Waals surface area contributed by atoms with E-state index in [2.05, 4.69) is 12.2 Å². The quantitative estimate of drug-likeness (QED) is 0.647. The van der Waals surface area contributed by atoms with Crippen LogP contribution in [0.4, 0.5) is 0 Å². The molecule has 2 N–H and O–H groups in total. The first-order valence-corrected chi connectivity index (χ1v) is 3.78. The van der Waals surface area contributed by atoms with Crippen molar-refractivity contribution in [3.8, 4) is 0 Å². The van der Waals surface area contributed by atoms with E-state index in [1.54, 1.807) is 0 Å². The number of rotatable bonds is 1. The maximum absolute atomic E-state index is 5.59. The normalized spacial score (nSPS) is 41.9. The molecule has 3 unspecified atom stereocenters. The van der Waals surface area contributed by atoms with E-state index < -0.39 is 0 Å². The third kappa shape index (κ3) is 1.15. The van der Waals surface area contributed by atoms with Gasteiger partial charge in [-0.05, 0) is 37.1 Å². The Hall–Kier alpha value is 0.180. The lowest BCUT2D eigenvalue weighted by Gasteiger charge is -2.14. The number of hydrogen-bond acceptors (Lipinski definition) is 1. The first-order valence-electron chi connectivity index (χ1n) is 3.78. The van der Waals surface area contributed by atoms with Crippen molar-refractivity contribution in [2.45, 2.75) is 12.8 Å². The Morgan fingerprint density at radius 2 is 2.10 bits per heavy atom. The van der Waals surface area contributed by atoms with Gasteiger partial charge in [0.15, 0.2) is 0 Å². The van der Waals surface area contributed by atoms with Crippen LogP contribution in [0, 0.1) is 17.8 Å². The minimum absolute atomic E-state index is 0. The van der Waals surface area contributed by atoms with E-state index in [0.29, 0.717) is 0 Å². The van der Waals surface area contributed by atoms with Crippen LogP contribution < -0.4 is 5.73 Å². The smallest absolute Gasteiger partial charge is 0.00430 e. The summed E-state index contributed by atoms with van der Waals surface area (Å²) in [4.78, 5) is 0. The van der Waals surface area contributed by atoms with Crippen LogP contribution in [0.15, 0.2) is 12.2 Å². The van der Waals surface area contributed by atoms with Gasteiger partial charge in [0.25, 0.3) is 0 Å². The Bertz CT molecular complexity index is 144. The molecule has 1 nitrogen and oxygen atoms in total. The predicted molar refractivity (Wildman–Crippen MR) is 48.2 cm³/mol. The Morgan fingerprint density at radius 3 is 2.40 bits per heavy atom. The van der Waals surface area contributed by atoms with Crippen molar-refractivity contribution in [3.05, 3.63) is 12.2 Å². The summed E-state index contributed by atoms with van der Waals surface area (Å²) in [6, 6.07) is 0. The van der Waals surface area contributed by atoms with Crippen molar-refractivity contribution >= 4 is 17.0 Å². The average Bonchev–Trinajstić information content (AvgIpc) is 2.45. The van der Waals surface area contributed by atoms with E-state index in [4.69, 9.17) is 5.73 Å². The van der Waals surface area contributed by atoms with Crippen molar-refractivity contribution in [3.63, 3.8) is 0 Å². The molecule has 2 aliphatic carbocycles. The summed E-state index contributed by atoms with van der Waals surface area (Å²) >= 11 is 0. The lowest BCUT2D eigenvalue weighted by Crippen LogP contribution is -2.17. The molecule has 58 valence electrons. The summed E-state index contributed by atoms with van der Waals surface area (Å²) in [6.45, 7) is 0.894. The van der Waals surface area contributed by atoms with Crippen molar-refractivity contribution < 1.29 is 0 Å². The van der Waals surface area contributed by atoms with Crippen LogP contribution in [0.1, 0.15) is 12.8 Å². The number of halogens is 1. The topological polar surface area (TPSA) is 26.0 Å². The Morgan fingerprint density at radius 1 is 1.30 bits per heavy atom. The molecular formula is C8H14BrN. The molecule has 0 heterocycles. The largest absolute Gasteiger partial charge is 0.330 e. The molecule has 0 saturated heterocycles.